The van der Waals surface area contributed by atoms with Crippen molar-refractivity contribution in [3.8, 4) is 0 Å². The fourth-order valence-electron chi connectivity index (χ4n) is 3.12. The summed E-state index contributed by atoms with van der Waals surface area (Å²) < 4.78 is 0. The molecular formula is C20H25ClN4O. The van der Waals surface area contributed by atoms with Crippen LogP contribution in [0.4, 0.5) is 16.2 Å². The summed E-state index contributed by atoms with van der Waals surface area (Å²) >= 11 is 5.88. The predicted octanol–water partition coefficient (Wildman–Crippen LogP) is 3.76. The van der Waals surface area contributed by atoms with Crippen LogP contribution in [0.25, 0.3) is 0 Å². The zero-order valence-corrected chi connectivity index (χ0v) is 16.0. The molecule has 1 saturated heterocycles. The Balaban J connectivity index is 1.55. The molecule has 0 unspecified atom stereocenters. The van der Waals surface area contributed by atoms with Crippen molar-refractivity contribution in [3.05, 3.63) is 59.1 Å². The Morgan fingerprint density at radius 2 is 1.77 bits per heavy atom. The highest BCUT2D eigenvalue weighted by atomic mass is 35.5. The van der Waals surface area contributed by atoms with Crippen molar-refractivity contribution in [3.63, 3.8) is 0 Å². The van der Waals surface area contributed by atoms with Gasteiger partial charge in [0.05, 0.1) is 0 Å². The van der Waals surface area contributed by atoms with E-state index in [1.807, 2.05) is 17.0 Å². The first-order chi connectivity index (χ1) is 12.5. The Morgan fingerprint density at radius 1 is 1.08 bits per heavy atom. The third-order valence-corrected chi connectivity index (χ3v) is 4.69. The van der Waals surface area contributed by atoms with Gasteiger partial charge in [0.2, 0.25) is 0 Å². The highest BCUT2D eigenvalue weighted by Crippen LogP contribution is 2.20. The molecule has 1 fully saturated rings. The van der Waals surface area contributed by atoms with E-state index in [0.29, 0.717) is 18.1 Å². The van der Waals surface area contributed by atoms with Crippen LogP contribution in [0.2, 0.25) is 5.02 Å². The number of hydrogen-bond donors (Lipinski definition) is 1. The SMILES string of the molecule is CN(C)Cc1cccc(N2CCN(C(=O)Nc3ccc(Cl)cc3)CC2)c1. The number of nitrogens with one attached hydrogen (secondary N) is 1. The van der Waals surface area contributed by atoms with Crippen LogP contribution < -0.4 is 10.2 Å². The Hall–Kier alpha value is -2.24. The molecule has 0 atom stereocenters. The third kappa shape index (κ3) is 4.90. The smallest absolute Gasteiger partial charge is 0.321 e. The molecule has 1 aliphatic heterocycles. The maximum atomic E-state index is 12.4. The molecule has 5 nitrogen and oxygen atoms in total. The van der Waals surface area contributed by atoms with Crippen molar-refractivity contribution in [1.29, 1.82) is 0 Å². The molecule has 0 aliphatic carbocycles. The number of benzene rings is 2. The van der Waals surface area contributed by atoms with Gasteiger partial charge in [0.1, 0.15) is 0 Å². The Morgan fingerprint density at radius 3 is 2.42 bits per heavy atom. The summed E-state index contributed by atoms with van der Waals surface area (Å²) in [5.41, 5.74) is 3.29. The molecule has 0 radical (unpaired) electrons. The van der Waals surface area contributed by atoms with Gasteiger partial charge in [-0.1, -0.05) is 23.7 Å². The molecule has 0 bridgehead atoms. The van der Waals surface area contributed by atoms with Crippen molar-refractivity contribution >= 4 is 29.0 Å². The molecule has 2 amide bonds. The van der Waals surface area contributed by atoms with Crippen LogP contribution in [0.1, 0.15) is 5.56 Å². The van der Waals surface area contributed by atoms with E-state index in [1.54, 1.807) is 12.1 Å². The molecule has 2 aromatic carbocycles. The van der Waals surface area contributed by atoms with Crippen LogP contribution in [0.15, 0.2) is 48.5 Å². The molecule has 6 heteroatoms. The average Bonchev–Trinajstić information content (AvgIpc) is 2.63. The molecule has 26 heavy (non-hydrogen) atoms. The van der Waals surface area contributed by atoms with E-state index in [0.717, 1.165) is 25.3 Å². The van der Waals surface area contributed by atoms with Crippen molar-refractivity contribution in [2.75, 3.05) is 50.5 Å². The number of halogens is 1. The van der Waals surface area contributed by atoms with Crippen LogP contribution in [-0.2, 0) is 6.54 Å². The van der Waals surface area contributed by atoms with E-state index in [1.165, 1.54) is 11.3 Å². The molecular weight excluding hydrogens is 348 g/mol. The lowest BCUT2D eigenvalue weighted by Gasteiger charge is -2.36. The molecule has 3 rings (SSSR count). The standard InChI is InChI=1S/C20H25ClN4O/c1-23(2)15-16-4-3-5-19(14-16)24-10-12-25(13-11-24)20(26)22-18-8-6-17(21)7-9-18/h3-9,14H,10-13,15H2,1-2H3,(H,22,26). The summed E-state index contributed by atoms with van der Waals surface area (Å²) in [4.78, 5) is 18.8. The molecule has 0 aromatic heterocycles. The van der Waals surface area contributed by atoms with Gasteiger partial charge in [0.15, 0.2) is 0 Å². The maximum absolute atomic E-state index is 12.4. The van der Waals surface area contributed by atoms with Crippen LogP contribution >= 0.6 is 11.6 Å². The number of carbonyl (C=O) groups excluding carboxylic acids is 1. The number of anilines is 2. The summed E-state index contributed by atoms with van der Waals surface area (Å²) in [5, 5.41) is 3.59. The van der Waals surface area contributed by atoms with E-state index in [-0.39, 0.29) is 6.03 Å². The summed E-state index contributed by atoms with van der Waals surface area (Å²) in [6.45, 7) is 4.00. The van der Waals surface area contributed by atoms with E-state index in [4.69, 9.17) is 11.6 Å². The first-order valence-corrected chi connectivity index (χ1v) is 9.19. The van der Waals surface area contributed by atoms with Gasteiger partial charge >= 0.3 is 6.03 Å². The maximum Gasteiger partial charge on any atom is 0.321 e. The second-order valence-electron chi connectivity index (χ2n) is 6.82. The topological polar surface area (TPSA) is 38.8 Å². The van der Waals surface area contributed by atoms with Crippen LogP contribution in [0.3, 0.4) is 0 Å². The van der Waals surface area contributed by atoms with Crippen molar-refractivity contribution < 1.29 is 4.79 Å². The molecule has 1 N–H and O–H groups in total. The summed E-state index contributed by atoms with van der Waals surface area (Å²) in [6.07, 6.45) is 0. The Kier molecular flexibility index (Phi) is 6.01. The molecule has 0 saturated carbocycles. The van der Waals surface area contributed by atoms with Crippen LogP contribution in [0.5, 0.6) is 0 Å². The lowest BCUT2D eigenvalue weighted by atomic mass is 10.1. The molecule has 138 valence electrons. The summed E-state index contributed by atoms with van der Waals surface area (Å²) in [5.74, 6) is 0. The number of rotatable bonds is 4. The van der Waals surface area contributed by atoms with Gasteiger partial charge in [0.25, 0.3) is 0 Å². The Labute approximate surface area is 160 Å². The second kappa shape index (κ2) is 8.43. The average molecular weight is 373 g/mol. The summed E-state index contributed by atoms with van der Waals surface area (Å²) in [7, 11) is 4.15. The number of hydrogen-bond acceptors (Lipinski definition) is 3. The fourth-order valence-corrected chi connectivity index (χ4v) is 3.25. The van der Waals surface area contributed by atoms with E-state index in [9.17, 15) is 4.79 Å². The zero-order valence-electron chi connectivity index (χ0n) is 15.3. The number of piperazine rings is 1. The lowest BCUT2D eigenvalue weighted by molar-refractivity contribution is 0.208. The third-order valence-electron chi connectivity index (χ3n) is 4.44. The molecule has 2 aromatic rings. The van der Waals surface area contributed by atoms with Gasteiger partial charge in [-0.05, 0) is 56.1 Å². The monoisotopic (exact) mass is 372 g/mol. The predicted molar refractivity (Wildman–Crippen MR) is 108 cm³/mol. The second-order valence-corrected chi connectivity index (χ2v) is 7.26. The van der Waals surface area contributed by atoms with Gasteiger partial charge in [-0.25, -0.2) is 4.79 Å². The van der Waals surface area contributed by atoms with E-state index in [2.05, 4.69) is 53.5 Å². The number of urea groups is 1. The number of nitrogens with zero attached hydrogens (tertiary/aromatic N) is 3. The first-order valence-electron chi connectivity index (χ1n) is 8.81. The van der Waals surface area contributed by atoms with Crippen molar-refractivity contribution in [2.24, 2.45) is 0 Å². The largest absolute Gasteiger partial charge is 0.368 e. The molecule has 0 spiro atoms. The molecule has 1 aliphatic rings. The minimum Gasteiger partial charge on any atom is -0.368 e. The Bertz CT molecular complexity index is 740. The number of amides is 2. The first kappa shape index (κ1) is 18.5. The summed E-state index contributed by atoms with van der Waals surface area (Å²) in [6, 6.07) is 15.7. The highest BCUT2D eigenvalue weighted by Gasteiger charge is 2.21. The van der Waals surface area contributed by atoms with E-state index >= 15 is 0 Å². The zero-order chi connectivity index (χ0) is 18.5. The van der Waals surface area contributed by atoms with Crippen LogP contribution in [0, 0.1) is 0 Å². The van der Waals surface area contributed by atoms with Gasteiger partial charge in [-0.2, -0.15) is 0 Å². The fraction of sp³-hybridized carbons (Fsp3) is 0.350. The van der Waals surface area contributed by atoms with Crippen molar-refractivity contribution in [1.82, 2.24) is 9.80 Å². The van der Waals surface area contributed by atoms with Gasteiger partial charge in [-0.15, -0.1) is 0 Å². The van der Waals surface area contributed by atoms with Crippen molar-refractivity contribution in [2.45, 2.75) is 6.54 Å². The van der Waals surface area contributed by atoms with Gasteiger partial charge < -0.3 is 20.0 Å². The quantitative estimate of drug-likeness (QED) is 0.888. The van der Waals surface area contributed by atoms with E-state index < -0.39 is 0 Å². The van der Waals surface area contributed by atoms with Gasteiger partial charge in [0, 0.05) is 49.1 Å². The van der Waals surface area contributed by atoms with Gasteiger partial charge in [-0.3, -0.25) is 0 Å². The van der Waals surface area contributed by atoms with Crippen LogP contribution in [-0.4, -0.2) is 56.1 Å². The minimum absolute atomic E-state index is 0.0617. The lowest BCUT2D eigenvalue weighted by Crippen LogP contribution is -2.50. The number of carbonyl (C=O) groups is 1. The highest BCUT2D eigenvalue weighted by molar-refractivity contribution is 6.30. The normalized spacial score (nSPS) is 14.6. The molecule has 1 heterocycles. The minimum atomic E-state index is -0.0617.